The van der Waals surface area contributed by atoms with Crippen molar-refractivity contribution in [2.24, 2.45) is 5.73 Å². The third-order valence-electron chi connectivity index (χ3n) is 3.32. The second kappa shape index (κ2) is 5.85. The Hall–Kier alpha value is -1.88. The molecular weight excluding hydrogens is 277 g/mol. The largest absolute Gasteiger partial charge is 0.416 e. The molecule has 21 heavy (non-hydrogen) atoms. The number of rotatable bonds is 3. The summed E-state index contributed by atoms with van der Waals surface area (Å²) in [6.45, 7) is 3.84. The van der Waals surface area contributed by atoms with Gasteiger partial charge in [0.2, 0.25) is 0 Å². The van der Waals surface area contributed by atoms with E-state index in [-0.39, 0.29) is 0 Å². The van der Waals surface area contributed by atoms with E-state index in [1.165, 1.54) is 6.07 Å². The molecule has 2 aromatic rings. The van der Waals surface area contributed by atoms with Crippen LogP contribution in [0.15, 0.2) is 36.5 Å². The van der Waals surface area contributed by atoms with Gasteiger partial charge < -0.3 is 5.73 Å². The van der Waals surface area contributed by atoms with Gasteiger partial charge in [-0.25, -0.2) is 0 Å². The third-order valence-corrected chi connectivity index (χ3v) is 3.32. The van der Waals surface area contributed by atoms with Crippen molar-refractivity contribution in [1.29, 1.82) is 0 Å². The molecule has 1 heterocycles. The zero-order valence-electron chi connectivity index (χ0n) is 11.9. The molecule has 0 fully saturated rings. The van der Waals surface area contributed by atoms with Crippen LogP contribution in [0.5, 0.6) is 0 Å². The summed E-state index contributed by atoms with van der Waals surface area (Å²) in [6, 6.07) is 6.80. The number of aromatic nitrogens is 1. The van der Waals surface area contributed by atoms with Gasteiger partial charge in [0, 0.05) is 6.20 Å². The van der Waals surface area contributed by atoms with Crippen molar-refractivity contribution in [1.82, 2.24) is 4.98 Å². The highest BCUT2D eigenvalue weighted by Gasteiger charge is 2.30. The van der Waals surface area contributed by atoms with Crippen LogP contribution in [-0.4, -0.2) is 4.98 Å². The van der Waals surface area contributed by atoms with Gasteiger partial charge in [-0.05, 0) is 43.0 Å². The maximum Gasteiger partial charge on any atom is 0.416 e. The van der Waals surface area contributed by atoms with Gasteiger partial charge in [-0.15, -0.1) is 0 Å². The summed E-state index contributed by atoms with van der Waals surface area (Å²) >= 11 is 0. The number of benzene rings is 1. The molecule has 0 spiro atoms. The molecule has 0 bridgehead atoms. The Kier molecular flexibility index (Phi) is 4.32. The molecular formula is C16H17F3N2. The number of alkyl halides is 3. The normalized spacial score (nSPS) is 13.2. The van der Waals surface area contributed by atoms with Crippen molar-refractivity contribution >= 4 is 0 Å². The van der Waals surface area contributed by atoms with Gasteiger partial charge in [-0.3, -0.25) is 4.98 Å². The molecule has 1 atom stereocenters. The van der Waals surface area contributed by atoms with Crippen LogP contribution in [0.2, 0.25) is 0 Å². The Morgan fingerprint density at radius 3 is 2.52 bits per heavy atom. The van der Waals surface area contributed by atoms with Gasteiger partial charge in [-0.1, -0.05) is 24.3 Å². The molecule has 1 aromatic heterocycles. The Morgan fingerprint density at radius 1 is 1.19 bits per heavy atom. The Balaban J connectivity index is 2.21. The van der Waals surface area contributed by atoms with Crippen LogP contribution in [0.25, 0.3) is 0 Å². The zero-order chi connectivity index (χ0) is 15.6. The number of pyridine rings is 1. The Labute approximate surface area is 121 Å². The lowest BCUT2D eigenvalue weighted by molar-refractivity contribution is -0.137. The highest BCUT2D eigenvalue weighted by molar-refractivity contribution is 5.30. The quantitative estimate of drug-likeness (QED) is 0.930. The van der Waals surface area contributed by atoms with E-state index >= 15 is 0 Å². The third kappa shape index (κ3) is 3.82. The summed E-state index contributed by atoms with van der Waals surface area (Å²) in [6.07, 6.45) is -2.30. The fraction of sp³-hybridized carbons (Fsp3) is 0.312. The monoisotopic (exact) mass is 294 g/mol. The van der Waals surface area contributed by atoms with Gasteiger partial charge >= 0.3 is 6.18 Å². The summed E-state index contributed by atoms with van der Waals surface area (Å²) in [7, 11) is 0. The van der Waals surface area contributed by atoms with E-state index in [9.17, 15) is 13.2 Å². The number of nitrogens with two attached hydrogens (primary N) is 1. The Bertz CT molecular complexity index is 636. The number of halogens is 3. The lowest BCUT2D eigenvalue weighted by Crippen LogP contribution is -2.17. The average molecular weight is 294 g/mol. The van der Waals surface area contributed by atoms with Crippen LogP contribution in [0.4, 0.5) is 13.2 Å². The van der Waals surface area contributed by atoms with E-state index in [0.717, 1.165) is 29.0 Å². The van der Waals surface area contributed by atoms with Crippen LogP contribution < -0.4 is 5.73 Å². The van der Waals surface area contributed by atoms with Gasteiger partial charge in [0.05, 0.1) is 17.3 Å². The van der Waals surface area contributed by atoms with E-state index in [0.29, 0.717) is 12.0 Å². The smallest absolute Gasteiger partial charge is 0.322 e. The second-order valence-electron chi connectivity index (χ2n) is 5.22. The molecule has 0 aliphatic heterocycles. The van der Waals surface area contributed by atoms with E-state index in [1.807, 2.05) is 19.9 Å². The molecule has 0 radical (unpaired) electrons. The van der Waals surface area contributed by atoms with E-state index in [2.05, 4.69) is 4.98 Å². The standard InChI is InChI=1S/C16H17F3N2/c1-10-6-11(2)15(21-9-10)14(20)8-12-4-3-5-13(7-12)16(17,18)19/h3-7,9,14H,8,20H2,1-2H3. The highest BCUT2D eigenvalue weighted by Crippen LogP contribution is 2.30. The average Bonchev–Trinajstić information content (AvgIpc) is 2.37. The van der Waals surface area contributed by atoms with Crippen LogP contribution in [0, 0.1) is 13.8 Å². The summed E-state index contributed by atoms with van der Waals surface area (Å²) in [5.41, 5.74) is 8.70. The molecule has 1 aromatic carbocycles. The first-order valence-electron chi connectivity index (χ1n) is 6.62. The summed E-state index contributed by atoms with van der Waals surface area (Å²) in [5.74, 6) is 0. The maximum atomic E-state index is 12.7. The van der Waals surface area contributed by atoms with Crippen LogP contribution in [-0.2, 0) is 12.6 Å². The zero-order valence-corrected chi connectivity index (χ0v) is 11.9. The van der Waals surface area contributed by atoms with Gasteiger partial charge in [0.25, 0.3) is 0 Å². The molecule has 1 unspecified atom stereocenters. The lowest BCUT2D eigenvalue weighted by Gasteiger charge is -2.15. The van der Waals surface area contributed by atoms with E-state index < -0.39 is 17.8 Å². The predicted octanol–water partition coefficient (Wildman–Crippen LogP) is 3.96. The van der Waals surface area contributed by atoms with E-state index in [1.54, 1.807) is 12.3 Å². The van der Waals surface area contributed by atoms with Crippen LogP contribution >= 0.6 is 0 Å². The minimum atomic E-state index is -4.34. The molecule has 0 saturated heterocycles. The number of hydrogen-bond donors (Lipinski definition) is 1. The number of aryl methyl sites for hydroxylation is 2. The summed E-state index contributed by atoms with van der Waals surface area (Å²) in [5, 5.41) is 0. The van der Waals surface area contributed by atoms with Gasteiger partial charge in [0.1, 0.15) is 0 Å². The first-order valence-corrected chi connectivity index (χ1v) is 6.62. The molecule has 2 nitrogen and oxygen atoms in total. The summed E-state index contributed by atoms with van der Waals surface area (Å²) < 4.78 is 38.1. The van der Waals surface area contributed by atoms with Crippen molar-refractivity contribution in [2.75, 3.05) is 0 Å². The SMILES string of the molecule is Cc1cnc(C(N)Cc2cccc(C(F)(F)F)c2)c(C)c1. The molecule has 0 aliphatic carbocycles. The van der Waals surface area contributed by atoms with Crippen molar-refractivity contribution < 1.29 is 13.2 Å². The van der Waals surface area contributed by atoms with Gasteiger partial charge in [0.15, 0.2) is 0 Å². The van der Waals surface area contributed by atoms with Crippen molar-refractivity contribution in [2.45, 2.75) is 32.5 Å². The molecule has 5 heteroatoms. The molecule has 2 rings (SSSR count). The fourth-order valence-electron chi connectivity index (χ4n) is 2.34. The maximum absolute atomic E-state index is 12.7. The molecule has 0 aliphatic rings. The Morgan fingerprint density at radius 2 is 1.90 bits per heavy atom. The second-order valence-corrected chi connectivity index (χ2v) is 5.22. The first kappa shape index (κ1) is 15.5. The minimum Gasteiger partial charge on any atom is -0.322 e. The minimum absolute atomic E-state index is 0.320. The number of hydrogen-bond acceptors (Lipinski definition) is 2. The molecule has 0 amide bonds. The fourth-order valence-corrected chi connectivity index (χ4v) is 2.34. The molecule has 0 saturated carbocycles. The molecule has 2 N–H and O–H groups in total. The number of nitrogens with zero attached hydrogens (tertiary/aromatic N) is 1. The topological polar surface area (TPSA) is 38.9 Å². The van der Waals surface area contributed by atoms with E-state index in [4.69, 9.17) is 5.73 Å². The first-order chi connectivity index (χ1) is 9.77. The predicted molar refractivity (Wildman–Crippen MR) is 75.8 cm³/mol. The van der Waals surface area contributed by atoms with Gasteiger partial charge in [-0.2, -0.15) is 13.2 Å². The highest BCUT2D eigenvalue weighted by atomic mass is 19.4. The van der Waals surface area contributed by atoms with Crippen molar-refractivity contribution in [3.05, 3.63) is 64.5 Å². The summed E-state index contributed by atoms with van der Waals surface area (Å²) in [4.78, 5) is 4.30. The molecule has 112 valence electrons. The van der Waals surface area contributed by atoms with Crippen molar-refractivity contribution in [3.8, 4) is 0 Å². The van der Waals surface area contributed by atoms with Crippen LogP contribution in [0.1, 0.15) is 34.0 Å². The lowest BCUT2D eigenvalue weighted by atomic mass is 9.99. The van der Waals surface area contributed by atoms with Crippen LogP contribution in [0.3, 0.4) is 0 Å². The van der Waals surface area contributed by atoms with Crippen molar-refractivity contribution in [3.63, 3.8) is 0 Å².